The first kappa shape index (κ1) is 47.4. The Kier molecular flexibility index (Phi) is 19.0. The molecule has 60 heavy (non-hydrogen) atoms. The molecule has 0 fully saturated rings. The van der Waals surface area contributed by atoms with Gasteiger partial charge in [-0.15, -0.1) is 0 Å². The number of carbonyl (C=O) groups is 4. The molecule has 2 aromatic heterocycles. The topological polar surface area (TPSA) is 220 Å². The van der Waals surface area contributed by atoms with Crippen molar-refractivity contribution in [2.24, 2.45) is 0 Å². The molecule has 4 rings (SSSR count). The first-order valence-electron chi connectivity index (χ1n) is 19.1. The monoisotopic (exact) mass is 956 g/mol. The summed E-state index contributed by atoms with van der Waals surface area (Å²) in [7, 11) is 3.03. The average molecular weight is 959 g/mol. The Morgan fingerprint density at radius 1 is 0.600 bits per heavy atom. The van der Waals surface area contributed by atoms with Crippen LogP contribution in [-0.2, 0) is 45.5 Å². The molecule has 0 saturated heterocycles. The summed E-state index contributed by atoms with van der Waals surface area (Å²) in [6.07, 6.45) is 1.01. The molecule has 16 nitrogen and oxygen atoms in total. The van der Waals surface area contributed by atoms with Gasteiger partial charge in [0.15, 0.2) is 13.2 Å². The van der Waals surface area contributed by atoms with Crippen LogP contribution in [0.15, 0.2) is 57.5 Å². The van der Waals surface area contributed by atoms with Gasteiger partial charge in [-0.05, 0) is 117 Å². The van der Waals surface area contributed by atoms with E-state index in [1.54, 1.807) is 12.1 Å². The third-order valence-corrected chi connectivity index (χ3v) is 10.4. The number of hydrogen-bond acceptors (Lipinski definition) is 12. The van der Waals surface area contributed by atoms with E-state index in [0.717, 1.165) is 33.4 Å². The Morgan fingerprint density at radius 3 is 1.37 bits per heavy atom. The van der Waals surface area contributed by atoms with Crippen LogP contribution >= 0.6 is 31.9 Å². The summed E-state index contributed by atoms with van der Waals surface area (Å²) in [5.74, 6) is -1.38. The van der Waals surface area contributed by atoms with E-state index in [2.05, 4.69) is 63.1 Å². The number of carboxylic acid groups (broad SMARTS) is 2. The van der Waals surface area contributed by atoms with E-state index in [1.807, 2.05) is 50.2 Å². The van der Waals surface area contributed by atoms with E-state index < -0.39 is 11.9 Å². The molecular formula is C42H50Br2N6O10. The van der Waals surface area contributed by atoms with Crippen molar-refractivity contribution in [3.63, 3.8) is 0 Å². The second-order valence-corrected chi connectivity index (χ2v) is 15.2. The molecule has 0 spiro atoms. The fourth-order valence-electron chi connectivity index (χ4n) is 5.84. The highest BCUT2D eigenvalue weighted by molar-refractivity contribution is 9.10. The van der Waals surface area contributed by atoms with Crippen LogP contribution in [0, 0.1) is 13.8 Å². The summed E-state index contributed by atoms with van der Waals surface area (Å²) >= 11 is 7.13. The van der Waals surface area contributed by atoms with Crippen molar-refractivity contribution in [3.8, 4) is 34.6 Å². The number of rotatable bonds is 25. The maximum atomic E-state index is 12.0. The van der Waals surface area contributed by atoms with Crippen molar-refractivity contribution in [3.05, 3.63) is 90.9 Å². The maximum Gasteiger partial charge on any atom is 0.303 e. The van der Waals surface area contributed by atoms with Crippen molar-refractivity contribution in [2.45, 2.75) is 65.8 Å². The smallest absolute Gasteiger partial charge is 0.303 e. The Bertz CT molecular complexity index is 1990. The summed E-state index contributed by atoms with van der Waals surface area (Å²) in [6, 6.07) is 15.6. The van der Waals surface area contributed by atoms with Crippen LogP contribution in [0.2, 0.25) is 0 Å². The highest BCUT2D eigenvalue weighted by Crippen LogP contribution is 2.35. The van der Waals surface area contributed by atoms with E-state index in [1.165, 1.54) is 14.1 Å². The molecule has 0 unspecified atom stereocenters. The number of aliphatic carboxylic acids is 2. The van der Waals surface area contributed by atoms with Crippen LogP contribution in [0.5, 0.6) is 23.5 Å². The van der Waals surface area contributed by atoms with Crippen LogP contribution in [0.3, 0.4) is 0 Å². The Morgan fingerprint density at radius 2 is 1.00 bits per heavy atom. The minimum atomic E-state index is -0.862. The number of hydrogen-bond donors (Lipinski definition) is 6. The van der Waals surface area contributed by atoms with Gasteiger partial charge in [0.2, 0.25) is 23.5 Å². The molecule has 0 aliphatic rings. The van der Waals surface area contributed by atoms with Gasteiger partial charge < -0.3 is 50.4 Å². The van der Waals surface area contributed by atoms with Gasteiger partial charge >= 0.3 is 11.9 Å². The Hall–Kier alpha value is -5.30. The number of benzene rings is 2. The highest BCUT2D eigenvalue weighted by atomic mass is 79.9. The molecule has 0 aliphatic carbocycles. The lowest BCUT2D eigenvalue weighted by Gasteiger charge is -2.18. The molecule has 2 amide bonds. The maximum absolute atomic E-state index is 12.0. The Balaban J connectivity index is 1.50. The van der Waals surface area contributed by atoms with Gasteiger partial charge in [-0.3, -0.25) is 19.2 Å². The van der Waals surface area contributed by atoms with Crippen molar-refractivity contribution in [1.29, 1.82) is 0 Å². The third kappa shape index (κ3) is 14.5. The fourth-order valence-corrected chi connectivity index (χ4v) is 6.80. The SMILES string of the molecule is CNC(=O)COc1nc(OCc2cccc(-c3cccc(COc4nc(OCC(=O)NC)c(CNCCCC(=O)O)cc4Br)c3C)c2C)c(Br)cc1CNCCCC(=O)O. The van der Waals surface area contributed by atoms with Gasteiger partial charge in [-0.25, -0.2) is 0 Å². The zero-order valence-electron chi connectivity index (χ0n) is 33.9. The van der Waals surface area contributed by atoms with E-state index in [-0.39, 0.29) is 74.6 Å². The zero-order valence-corrected chi connectivity index (χ0v) is 37.1. The molecular weight excluding hydrogens is 908 g/mol. The lowest BCUT2D eigenvalue weighted by atomic mass is 9.92. The molecule has 322 valence electrons. The molecule has 0 saturated carbocycles. The average Bonchev–Trinajstić information content (AvgIpc) is 3.22. The van der Waals surface area contributed by atoms with Gasteiger partial charge in [0.05, 0.1) is 8.95 Å². The summed E-state index contributed by atoms with van der Waals surface area (Å²) < 4.78 is 25.1. The number of aromatic nitrogens is 2. The predicted molar refractivity (Wildman–Crippen MR) is 230 cm³/mol. The van der Waals surface area contributed by atoms with Crippen molar-refractivity contribution < 1.29 is 48.3 Å². The minimum Gasteiger partial charge on any atom is -0.481 e. The van der Waals surface area contributed by atoms with Crippen LogP contribution in [-0.4, -0.2) is 84.3 Å². The van der Waals surface area contributed by atoms with Crippen molar-refractivity contribution in [2.75, 3.05) is 40.4 Å². The largest absolute Gasteiger partial charge is 0.481 e. The van der Waals surface area contributed by atoms with E-state index >= 15 is 0 Å². The standard InChI is InChI=1S/C42H50Br2N6O10/c1-25-27(21-57-41-33(43)17-29(19-47-15-7-13-37(53)54)39(49-41)59-23-35(51)45-3)9-5-11-31(25)32-12-6-10-28(26(32)2)22-58-42-34(44)18-30(20-48-16-8-14-38(55)56)40(50-42)60-24-36(52)46-4/h5-6,9-12,17-18,47-48H,7-8,13-16,19-24H2,1-4H3,(H,45,51)(H,46,52)(H,53,54)(H,55,56). The lowest BCUT2D eigenvalue weighted by molar-refractivity contribution is -0.138. The summed E-state index contributed by atoms with van der Waals surface area (Å²) in [6.45, 7) is 5.57. The van der Waals surface area contributed by atoms with Crippen molar-refractivity contribution in [1.82, 2.24) is 31.2 Å². The molecule has 0 atom stereocenters. The number of halogens is 2. The normalized spacial score (nSPS) is 10.8. The number of amides is 2. The van der Waals surface area contributed by atoms with E-state index in [0.29, 0.717) is 59.1 Å². The van der Waals surface area contributed by atoms with Crippen molar-refractivity contribution >= 4 is 55.6 Å². The third-order valence-electron chi connectivity index (χ3n) is 9.23. The predicted octanol–water partition coefficient (Wildman–Crippen LogP) is 5.60. The molecule has 6 N–H and O–H groups in total. The molecule has 0 aliphatic heterocycles. The van der Waals surface area contributed by atoms with Crippen LogP contribution in [0.1, 0.15) is 59.1 Å². The van der Waals surface area contributed by atoms with Crippen LogP contribution in [0.25, 0.3) is 11.1 Å². The number of carbonyl (C=O) groups excluding carboxylic acids is 2. The van der Waals surface area contributed by atoms with Gasteiger partial charge in [-0.1, -0.05) is 36.4 Å². The second-order valence-electron chi connectivity index (χ2n) is 13.5. The number of carboxylic acids is 2. The van der Waals surface area contributed by atoms with Gasteiger partial charge in [0.25, 0.3) is 11.8 Å². The number of nitrogens with one attached hydrogen (secondary N) is 4. The summed E-state index contributed by atoms with van der Waals surface area (Å²) in [4.78, 5) is 54.9. The summed E-state index contributed by atoms with van der Waals surface area (Å²) in [5, 5.41) is 29.3. The number of likely N-dealkylation sites (N-methyl/N-ethyl adjacent to an activating group) is 2. The fraction of sp³-hybridized carbons (Fsp3) is 0.381. The Labute approximate surface area is 365 Å². The number of nitrogens with zero attached hydrogens (tertiary/aromatic N) is 2. The first-order valence-corrected chi connectivity index (χ1v) is 20.7. The van der Waals surface area contributed by atoms with Crippen LogP contribution < -0.4 is 40.2 Å². The summed E-state index contributed by atoms with van der Waals surface area (Å²) in [5.41, 5.74) is 7.20. The molecule has 2 heterocycles. The van der Waals surface area contributed by atoms with E-state index in [4.69, 9.17) is 29.2 Å². The first-order chi connectivity index (χ1) is 28.8. The van der Waals surface area contributed by atoms with Crippen LogP contribution in [0.4, 0.5) is 0 Å². The molecule has 4 aromatic rings. The van der Waals surface area contributed by atoms with Gasteiger partial charge in [0, 0.05) is 51.2 Å². The highest BCUT2D eigenvalue weighted by Gasteiger charge is 2.18. The lowest BCUT2D eigenvalue weighted by Crippen LogP contribution is -2.26. The van der Waals surface area contributed by atoms with E-state index in [9.17, 15) is 19.2 Å². The molecule has 0 radical (unpaired) electrons. The zero-order chi connectivity index (χ0) is 43.6. The quantitative estimate of drug-likeness (QED) is 0.0446. The molecule has 2 aromatic carbocycles. The minimum absolute atomic E-state index is 0.0494. The number of pyridine rings is 2. The van der Waals surface area contributed by atoms with Gasteiger partial charge in [0.1, 0.15) is 13.2 Å². The molecule has 0 bridgehead atoms. The van der Waals surface area contributed by atoms with Gasteiger partial charge in [-0.2, -0.15) is 9.97 Å². The molecule has 18 heteroatoms. The second kappa shape index (κ2) is 24.1. The number of ether oxygens (including phenoxy) is 4.